The maximum Gasteiger partial charge on any atom is 0.125 e. The second-order valence-corrected chi connectivity index (χ2v) is 10.3. The number of pyridine rings is 3. The maximum absolute atomic E-state index is 5.31. The van der Waals surface area contributed by atoms with Gasteiger partial charge in [-0.2, -0.15) is 0 Å². The summed E-state index contributed by atoms with van der Waals surface area (Å²) >= 11 is 1.74. The van der Waals surface area contributed by atoms with Crippen molar-refractivity contribution < 1.29 is 0 Å². The molecule has 0 radical (unpaired) electrons. The van der Waals surface area contributed by atoms with Crippen LogP contribution < -0.4 is 0 Å². The fraction of sp³-hybridized carbons (Fsp3) is 0. The van der Waals surface area contributed by atoms with E-state index >= 15 is 0 Å². The molecule has 0 fully saturated rings. The molecule has 8 rings (SSSR count). The zero-order valence-corrected chi connectivity index (χ0v) is 20.5. The first-order valence-electron chi connectivity index (χ1n) is 12.3. The lowest BCUT2D eigenvalue weighted by atomic mass is 9.99. The van der Waals surface area contributed by atoms with Gasteiger partial charge in [-0.15, -0.1) is 11.3 Å². The fourth-order valence-electron chi connectivity index (χ4n) is 5.32. The molecule has 37 heavy (non-hydrogen) atoms. The van der Waals surface area contributed by atoms with Crippen molar-refractivity contribution in [3.63, 3.8) is 0 Å². The van der Waals surface area contributed by atoms with Crippen molar-refractivity contribution >= 4 is 64.3 Å². The van der Waals surface area contributed by atoms with Crippen molar-refractivity contribution in [3.05, 3.63) is 115 Å². The highest BCUT2D eigenvalue weighted by atomic mass is 32.1. The molecule has 172 valence electrons. The zero-order chi connectivity index (χ0) is 24.3. The second-order valence-electron chi connectivity index (χ2n) is 9.25. The van der Waals surface area contributed by atoms with Crippen LogP contribution in [0.3, 0.4) is 0 Å². The van der Waals surface area contributed by atoms with Gasteiger partial charge < -0.3 is 0 Å². The van der Waals surface area contributed by atoms with E-state index < -0.39 is 0 Å². The summed E-state index contributed by atoms with van der Waals surface area (Å²) in [6.45, 7) is 0. The van der Waals surface area contributed by atoms with E-state index in [-0.39, 0.29) is 0 Å². The summed E-state index contributed by atoms with van der Waals surface area (Å²) in [6, 6.07) is 40.1. The molecule has 4 aromatic heterocycles. The molecule has 0 saturated heterocycles. The smallest absolute Gasteiger partial charge is 0.125 e. The number of rotatable bonds is 2. The maximum atomic E-state index is 5.31. The Hall–Kier alpha value is -4.67. The predicted octanol–water partition coefficient (Wildman–Crippen LogP) is 9.03. The van der Waals surface area contributed by atoms with E-state index in [1.165, 1.54) is 15.5 Å². The van der Waals surface area contributed by atoms with E-state index in [9.17, 15) is 0 Å². The van der Waals surface area contributed by atoms with Crippen LogP contribution in [0.25, 0.3) is 75.5 Å². The quantitative estimate of drug-likeness (QED) is 0.227. The van der Waals surface area contributed by atoms with Gasteiger partial charge in [0.25, 0.3) is 0 Å². The predicted molar refractivity (Wildman–Crippen MR) is 156 cm³/mol. The summed E-state index contributed by atoms with van der Waals surface area (Å²) in [4.78, 5) is 16.5. The van der Waals surface area contributed by atoms with Crippen molar-refractivity contribution in [2.45, 2.75) is 0 Å². The summed E-state index contributed by atoms with van der Waals surface area (Å²) in [7, 11) is 0. The highest BCUT2D eigenvalue weighted by Gasteiger charge is 2.18. The van der Waals surface area contributed by atoms with Gasteiger partial charge in [0.05, 0.1) is 27.9 Å². The van der Waals surface area contributed by atoms with Crippen molar-refractivity contribution in [3.8, 4) is 22.5 Å². The monoisotopic (exact) mass is 489 g/mol. The second kappa shape index (κ2) is 7.92. The van der Waals surface area contributed by atoms with Crippen molar-refractivity contribution in [2.75, 3.05) is 0 Å². The molecule has 4 heteroatoms. The van der Waals surface area contributed by atoms with Crippen LogP contribution in [0.4, 0.5) is 0 Å². The van der Waals surface area contributed by atoms with Gasteiger partial charge in [-0.05, 0) is 24.3 Å². The normalized spacial score (nSPS) is 11.8. The van der Waals surface area contributed by atoms with Crippen LogP contribution in [0.5, 0.6) is 0 Å². The highest BCUT2D eigenvalue weighted by molar-refractivity contribution is 7.25. The Morgan fingerprint density at radius 1 is 0.486 bits per heavy atom. The average molecular weight is 490 g/mol. The molecule has 4 heterocycles. The first-order chi connectivity index (χ1) is 18.3. The van der Waals surface area contributed by atoms with E-state index in [0.717, 1.165) is 60.1 Å². The SMILES string of the molecule is c1ccc(-c2ccc3ccc4ccc(-c5c6ccccc6nc6sc7ccccc7c56)nc4c3n2)cc1. The molecule has 4 aromatic carbocycles. The lowest BCUT2D eigenvalue weighted by molar-refractivity contribution is 1.37. The zero-order valence-electron chi connectivity index (χ0n) is 19.7. The largest absolute Gasteiger partial charge is 0.245 e. The third-order valence-corrected chi connectivity index (χ3v) is 8.13. The van der Waals surface area contributed by atoms with Crippen molar-refractivity contribution in [2.24, 2.45) is 0 Å². The number of hydrogen-bond donors (Lipinski definition) is 0. The lowest BCUT2D eigenvalue weighted by Gasteiger charge is -2.11. The number of fused-ring (bicyclic) bond motifs is 7. The average Bonchev–Trinajstić information content (AvgIpc) is 3.34. The van der Waals surface area contributed by atoms with Crippen LogP contribution in [0.2, 0.25) is 0 Å². The van der Waals surface area contributed by atoms with Crippen molar-refractivity contribution in [1.29, 1.82) is 0 Å². The van der Waals surface area contributed by atoms with Crippen LogP contribution in [0.1, 0.15) is 0 Å². The molecule has 0 bridgehead atoms. The number of aromatic nitrogens is 3. The fourth-order valence-corrected chi connectivity index (χ4v) is 6.42. The van der Waals surface area contributed by atoms with E-state index in [0.29, 0.717) is 0 Å². The minimum atomic E-state index is 0.918. The number of nitrogens with zero attached hydrogens (tertiary/aromatic N) is 3. The first-order valence-corrected chi connectivity index (χ1v) is 13.1. The first kappa shape index (κ1) is 20.5. The highest BCUT2D eigenvalue weighted by Crippen LogP contribution is 2.42. The Bertz CT molecular complexity index is 2150. The molecule has 0 amide bonds. The van der Waals surface area contributed by atoms with Crippen LogP contribution in [0, 0.1) is 0 Å². The number of thiophene rings is 1. The van der Waals surface area contributed by atoms with Crippen LogP contribution in [0.15, 0.2) is 115 Å². The van der Waals surface area contributed by atoms with Crippen molar-refractivity contribution in [1.82, 2.24) is 15.0 Å². The molecular formula is C33H19N3S. The summed E-state index contributed by atoms with van der Waals surface area (Å²) in [5.74, 6) is 0. The van der Waals surface area contributed by atoms with Gasteiger partial charge in [0.2, 0.25) is 0 Å². The summed E-state index contributed by atoms with van der Waals surface area (Å²) < 4.78 is 1.24. The van der Waals surface area contributed by atoms with Gasteiger partial charge in [-0.25, -0.2) is 15.0 Å². The Labute approximate surface area is 216 Å². The molecular weight excluding hydrogens is 470 g/mol. The molecule has 0 aliphatic carbocycles. The van der Waals surface area contributed by atoms with E-state index in [4.69, 9.17) is 15.0 Å². The van der Waals surface area contributed by atoms with E-state index in [2.05, 4.69) is 97.1 Å². The lowest BCUT2D eigenvalue weighted by Crippen LogP contribution is -1.93. The Kier molecular flexibility index (Phi) is 4.39. The van der Waals surface area contributed by atoms with E-state index in [1.807, 2.05) is 18.2 Å². The molecule has 3 nitrogen and oxygen atoms in total. The topological polar surface area (TPSA) is 38.7 Å². The van der Waals surface area contributed by atoms with Gasteiger partial charge >= 0.3 is 0 Å². The molecule has 0 spiro atoms. The molecule has 0 saturated carbocycles. The van der Waals surface area contributed by atoms with Crippen LogP contribution in [-0.2, 0) is 0 Å². The molecule has 0 atom stereocenters. The minimum Gasteiger partial charge on any atom is -0.245 e. The summed E-state index contributed by atoms with van der Waals surface area (Å²) in [5, 5.41) is 5.68. The van der Waals surface area contributed by atoms with Gasteiger partial charge in [-0.1, -0.05) is 91.0 Å². The number of hydrogen-bond acceptors (Lipinski definition) is 4. The molecule has 0 N–H and O–H groups in total. The minimum absolute atomic E-state index is 0.918. The third-order valence-electron chi connectivity index (χ3n) is 7.07. The summed E-state index contributed by atoms with van der Waals surface area (Å²) in [5.41, 5.74) is 6.96. The van der Waals surface area contributed by atoms with Gasteiger partial charge in [-0.3, -0.25) is 0 Å². The summed E-state index contributed by atoms with van der Waals surface area (Å²) in [6.07, 6.45) is 0. The Morgan fingerprint density at radius 2 is 1.11 bits per heavy atom. The number of para-hydroxylation sites is 1. The Balaban J connectivity index is 1.47. The van der Waals surface area contributed by atoms with Gasteiger partial charge in [0.1, 0.15) is 4.83 Å². The number of benzene rings is 4. The molecule has 0 unspecified atom stereocenters. The van der Waals surface area contributed by atoms with Crippen LogP contribution in [-0.4, -0.2) is 15.0 Å². The molecule has 0 aliphatic heterocycles. The van der Waals surface area contributed by atoms with E-state index in [1.54, 1.807) is 11.3 Å². The van der Waals surface area contributed by atoms with Gasteiger partial charge in [0, 0.05) is 42.8 Å². The molecule has 8 aromatic rings. The molecule has 0 aliphatic rings. The third kappa shape index (κ3) is 3.16. The standard InChI is InChI=1S/C33H19N3S/c1-2-8-20(9-3-1)25-18-16-21-14-15-22-17-19-27(35-32(22)31(21)34-25)29-23-10-4-6-12-26(23)36-33-30(29)24-11-5-7-13-28(24)37-33/h1-19H. The van der Waals surface area contributed by atoms with Crippen LogP contribution >= 0.6 is 11.3 Å². The Morgan fingerprint density at radius 3 is 1.92 bits per heavy atom. The van der Waals surface area contributed by atoms with Gasteiger partial charge in [0.15, 0.2) is 0 Å².